The van der Waals surface area contributed by atoms with Gasteiger partial charge >= 0.3 is 6.18 Å². The number of phenolic OH excluding ortho intramolecular Hbond substituents is 1. The molecule has 1 fully saturated rings. The lowest BCUT2D eigenvalue weighted by Crippen LogP contribution is -2.49. The molecule has 1 saturated heterocycles. The largest absolute Gasteiger partial charge is 0.508 e. The fraction of sp³-hybridized carbons (Fsp3) is 0.300. The van der Waals surface area contributed by atoms with Crippen LogP contribution in [0.1, 0.15) is 5.56 Å². The molecule has 0 unspecified atom stereocenters. The van der Waals surface area contributed by atoms with Crippen molar-refractivity contribution >= 4 is 23.4 Å². The van der Waals surface area contributed by atoms with Crippen LogP contribution in [0.2, 0.25) is 0 Å². The Bertz CT molecular complexity index is 1080. The monoisotopic (exact) mass is 464 g/mol. The van der Waals surface area contributed by atoms with Gasteiger partial charge < -0.3 is 14.9 Å². The van der Waals surface area contributed by atoms with Crippen molar-refractivity contribution in [2.45, 2.75) is 11.3 Å². The van der Waals surface area contributed by atoms with Gasteiger partial charge in [-0.15, -0.1) is 5.10 Å². The Kier molecular flexibility index (Phi) is 6.21. The van der Waals surface area contributed by atoms with Crippen molar-refractivity contribution in [2.75, 3.05) is 36.8 Å². The Labute approximate surface area is 185 Å². The lowest BCUT2D eigenvalue weighted by Gasteiger charge is -2.36. The quantitative estimate of drug-likeness (QED) is 0.581. The number of hydrogen-bond acceptors (Lipinski definition) is 7. The Morgan fingerprint density at radius 3 is 2.44 bits per heavy atom. The minimum absolute atomic E-state index is 0.0982. The van der Waals surface area contributed by atoms with E-state index in [4.69, 9.17) is 0 Å². The molecular formula is C20H19F3N6O2S. The van der Waals surface area contributed by atoms with Crippen LogP contribution in [-0.4, -0.2) is 68.1 Å². The fourth-order valence-electron chi connectivity index (χ4n) is 3.34. The molecule has 1 aliphatic heterocycles. The standard InChI is InChI=1S/C20H19F3N6O2S/c21-20(22,23)14-2-1-3-16(12-14)27-8-10-28(11-9-27)18(31)13-32-19-24-25-26-29(19)15-4-6-17(30)7-5-15/h1-7,12,30H,8-11,13H2. The zero-order valence-electron chi connectivity index (χ0n) is 16.7. The zero-order valence-corrected chi connectivity index (χ0v) is 17.6. The SMILES string of the molecule is O=C(CSc1nnnn1-c1ccc(O)cc1)N1CCN(c2cccc(C(F)(F)F)c2)CC1. The molecule has 0 spiro atoms. The fourth-order valence-corrected chi connectivity index (χ4v) is 4.13. The van der Waals surface area contributed by atoms with Gasteiger partial charge in [0.15, 0.2) is 0 Å². The molecule has 1 aromatic heterocycles. The highest BCUT2D eigenvalue weighted by Gasteiger charge is 2.31. The van der Waals surface area contributed by atoms with Crippen molar-refractivity contribution in [3.05, 3.63) is 54.1 Å². The molecule has 32 heavy (non-hydrogen) atoms. The van der Waals surface area contributed by atoms with Crippen molar-refractivity contribution in [2.24, 2.45) is 0 Å². The number of aromatic nitrogens is 4. The number of halogens is 3. The van der Waals surface area contributed by atoms with E-state index in [0.29, 0.717) is 42.7 Å². The minimum Gasteiger partial charge on any atom is -0.508 e. The first-order valence-corrected chi connectivity index (χ1v) is 10.7. The summed E-state index contributed by atoms with van der Waals surface area (Å²) >= 11 is 1.19. The van der Waals surface area contributed by atoms with Crippen LogP contribution in [0.15, 0.2) is 53.7 Å². The van der Waals surface area contributed by atoms with Crippen molar-refractivity contribution in [1.29, 1.82) is 0 Å². The summed E-state index contributed by atoms with van der Waals surface area (Å²) in [7, 11) is 0. The predicted molar refractivity (Wildman–Crippen MR) is 112 cm³/mol. The number of anilines is 1. The predicted octanol–water partition coefficient (Wildman–Crippen LogP) is 2.83. The molecular weight excluding hydrogens is 445 g/mol. The number of nitrogens with zero attached hydrogens (tertiary/aromatic N) is 6. The summed E-state index contributed by atoms with van der Waals surface area (Å²) in [4.78, 5) is 16.2. The maximum Gasteiger partial charge on any atom is 0.416 e. The van der Waals surface area contributed by atoms with E-state index in [-0.39, 0.29) is 17.4 Å². The summed E-state index contributed by atoms with van der Waals surface area (Å²) in [5, 5.41) is 21.4. The third-order valence-electron chi connectivity index (χ3n) is 5.03. The van der Waals surface area contributed by atoms with Crippen LogP contribution < -0.4 is 4.90 Å². The van der Waals surface area contributed by atoms with E-state index >= 15 is 0 Å². The van der Waals surface area contributed by atoms with Crippen LogP contribution in [0.3, 0.4) is 0 Å². The topological polar surface area (TPSA) is 87.4 Å². The number of hydrogen-bond donors (Lipinski definition) is 1. The number of carbonyl (C=O) groups excluding carboxylic acids is 1. The van der Waals surface area contributed by atoms with E-state index in [1.165, 1.54) is 34.6 Å². The third kappa shape index (κ3) is 4.96. The van der Waals surface area contributed by atoms with E-state index < -0.39 is 11.7 Å². The highest BCUT2D eigenvalue weighted by atomic mass is 32.2. The number of amides is 1. The lowest BCUT2D eigenvalue weighted by molar-refractivity contribution is -0.137. The van der Waals surface area contributed by atoms with Crippen LogP contribution in [0.5, 0.6) is 5.75 Å². The molecule has 0 atom stereocenters. The number of alkyl halides is 3. The first-order chi connectivity index (χ1) is 15.3. The molecule has 0 radical (unpaired) electrons. The van der Waals surface area contributed by atoms with Gasteiger partial charge in [0.05, 0.1) is 17.0 Å². The van der Waals surface area contributed by atoms with Crippen LogP contribution in [0.4, 0.5) is 18.9 Å². The smallest absolute Gasteiger partial charge is 0.416 e. The molecule has 0 aliphatic carbocycles. The van der Waals surface area contributed by atoms with Crippen LogP contribution in [0.25, 0.3) is 5.69 Å². The van der Waals surface area contributed by atoms with Gasteiger partial charge in [-0.25, -0.2) is 0 Å². The van der Waals surface area contributed by atoms with Gasteiger partial charge in [-0.2, -0.15) is 17.9 Å². The molecule has 12 heteroatoms. The average molecular weight is 464 g/mol. The van der Waals surface area contributed by atoms with Crippen molar-refractivity contribution in [1.82, 2.24) is 25.1 Å². The van der Waals surface area contributed by atoms with Gasteiger partial charge in [0.25, 0.3) is 0 Å². The minimum atomic E-state index is -4.39. The summed E-state index contributed by atoms with van der Waals surface area (Å²) in [5.74, 6) is 0.150. The molecule has 4 rings (SSSR count). The van der Waals surface area contributed by atoms with E-state index in [1.807, 2.05) is 4.90 Å². The highest BCUT2D eigenvalue weighted by molar-refractivity contribution is 7.99. The maximum absolute atomic E-state index is 13.0. The summed E-state index contributed by atoms with van der Waals surface area (Å²) in [6, 6.07) is 11.6. The van der Waals surface area contributed by atoms with Gasteiger partial charge in [0.2, 0.25) is 11.1 Å². The molecule has 168 valence electrons. The number of phenols is 1. The Balaban J connectivity index is 1.32. The maximum atomic E-state index is 13.0. The molecule has 1 amide bonds. The number of thioether (sulfide) groups is 1. The molecule has 8 nitrogen and oxygen atoms in total. The van der Waals surface area contributed by atoms with Crippen LogP contribution in [0, 0.1) is 0 Å². The summed E-state index contributed by atoms with van der Waals surface area (Å²) in [5.41, 5.74) is 0.461. The second-order valence-corrected chi connectivity index (χ2v) is 8.04. The molecule has 1 aliphatic rings. The first kappa shape index (κ1) is 21.9. The number of carbonyl (C=O) groups is 1. The molecule has 3 aromatic rings. The number of rotatable bonds is 5. The van der Waals surface area contributed by atoms with E-state index in [9.17, 15) is 23.1 Å². The van der Waals surface area contributed by atoms with E-state index in [0.717, 1.165) is 12.1 Å². The third-order valence-corrected chi connectivity index (χ3v) is 5.94. The highest BCUT2D eigenvalue weighted by Crippen LogP contribution is 2.32. The van der Waals surface area contributed by atoms with Gasteiger partial charge in [0, 0.05) is 31.9 Å². The normalized spacial score (nSPS) is 14.6. The number of benzene rings is 2. The van der Waals surface area contributed by atoms with Crippen LogP contribution in [-0.2, 0) is 11.0 Å². The van der Waals surface area contributed by atoms with Gasteiger partial charge in [-0.05, 0) is 52.9 Å². The summed E-state index contributed by atoms with van der Waals surface area (Å²) < 4.78 is 40.3. The number of tetrazole rings is 1. The number of aromatic hydroxyl groups is 1. The van der Waals surface area contributed by atoms with E-state index in [1.54, 1.807) is 23.1 Å². The molecule has 2 heterocycles. The second-order valence-electron chi connectivity index (χ2n) is 7.09. The second kappa shape index (κ2) is 9.07. The first-order valence-electron chi connectivity index (χ1n) is 9.72. The Morgan fingerprint density at radius 1 is 1.03 bits per heavy atom. The van der Waals surface area contributed by atoms with Crippen molar-refractivity contribution in [3.8, 4) is 11.4 Å². The average Bonchev–Trinajstić information content (AvgIpc) is 3.26. The van der Waals surface area contributed by atoms with Gasteiger partial charge in [-0.1, -0.05) is 17.8 Å². The van der Waals surface area contributed by atoms with E-state index in [2.05, 4.69) is 15.5 Å². The summed E-state index contributed by atoms with van der Waals surface area (Å²) in [6.45, 7) is 1.73. The van der Waals surface area contributed by atoms with Gasteiger partial charge in [0.1, 0.15) is 5.75 Å². The summed E-state index contributed by atoms with van der Waals surface area (Å²) in [6.07, 6.45) is -4.39. The van der Waals surface area contributed by atoms with Crippen molar-refractivity contribution in [3.63, 3.8) is 0 Å². The molecule has 2 aromatic carbocycles. The van der Waals surface area contributed by atoms with Crippen LogP contribution >= 0.6 is 11.8 Å². The van der Waals surface area contributed by atoms with Gasteiger partial charge in [-0.3, -0.25) is 4.79 Å². The Hall–Kier alpha value is -3.28. The molecule has 0 bridgehead atoms. The molecule has 0 saturated carbocycles. The molecule has 1 N–H and O–H groups in total. The lowest BCUT2D eigenvalue weighted by atomic mass is 10.1. The zero-order chi connectivity index (χ0) is 22.7. The van der Waals surface area contributed by atoms with Crippen molar-refractivity contribution < 1.29 is 23.1 Å². The number of piperazine rings is 1. The Morgan fingerprint density at radius 2 is 1.75 bits per heavy atom.